The molecule has 2 aliphatic rings. The van der Waals surface area contributed by atoms with E-state index in [2.05, 4.69) is 61.8 Å². The molecule has 5 heteroatoms. The molecule has 2 heterocycles. The Bertz CT molecular complexity index is 682. The van der Waals surface area contributed by atoms with E-state index in [1.165, 1.54) is 103 Å². The molecular weight excluding hydrogens is 532 g/mol. The van der Waals surface area contributed by atoms with Crippen LogP contribution < -0.4 is 9.47 Å². The molecule has 0 saturated carbocycles. The molecule has 2 aliphatic heterocycles. The summed E-state index contributed by atoms with van der Waals surface area (Å²) in [5, 5.41) is 0. The Morgan fingerprint density at radius 3 is 1.21 bits per heavy atom. The maximum Gasteiger partial charge on any atom is 0.152 e. The van der Waals surface area contributed by atoms with Crippen molar-refractivity contribution in [1.82, 2.24) is 9.80 Å². The van der Waals surface area contributed by atoms with Crippen LogP contribution in [0.25, 0.3) is 0 Å². The number of hydrogen-bond acceptors (Lipinski definition) is 5. The Morgan fingerprint density at radius 1 is 0.512 bits per heavy atom. The number of hydrogen-bond donors (Lipinski definition) is 0. The second-order valence-corrected chi connectivity index (χ2v) is 12.7. The SMILES string of the molecule is CCCCCCCCCCN(CC)C1CCCOCCCC(N(CC)CCCCCCCCCC)Oc2ccc(cc2)O1. The first-order chi connectivity index (χ1) is 21.2. The van der Waals surface area contributed by atoms with E-state index in [0.29, 0.717) is 0 Å². The summed E-state index contributed by atoms with van der Waals surface area (Å²) in [7, 11) is 0. The molecule has 0 radical (unpaired) electrons. The number of rotatable bonds is 22. The van der Waals surface area contributed by atoms with Gasteiger partial charge in [-0.3, -0.25) is 9.80 Å². The van der Waals surface area contributed by atoms with Crippen molar-refractivity contribution in [3.63, 3.8) is 0 Å². The van der Waals surface area contributed by atoms with E-state index in [1.54, 1.807) is 0 Å². The van der Waals surface area contributed by atoms with Crippen molar-refractivity contribution in [2.45, 2.75) is 169 Å². The zero-order valence-corrected chi connectivity index (χ0v) is 29.0. The minimum absolute atomic E-state index is 0.0880. The first kappa shape index (κ1) is 37.9. The Morgan fingerprint density at radius 2 is 0.860 bits per heavy atom. The maximum atomic E-state index is 6.63. The van der Waals surface area contributed by atoms with Crippen LogP contribution in [-0.4, -0.2) is 61.6 Å². The van der Waals surface area contributed by atoms with Crippen LogP contribution in [0.3, 0.4) is 0 Å². The van der Waals surface area contributed by atoms with Gasteiger partial charge >= 0.3 is 0 Å². The van der Waals surface area contributed by atoms with Crippen LogP contribution in [0.1, 0.15) is 156 Å². The van der Waals surface area contributed by atoms with Crippen molar-refractivity contribution in [2.24, 2.45) is 0 Å². The molecule has 0 aromatic heterocycles. The molecule has 250 valence electrons. The predicted octanol–water partition coefficient (Wildman–Crippen LogP) is 10.6. The van der Waals surface area contributed by atoms with E-state index in [-0.39, 0.29) is 12.5 Å². The van der Waals surface area contributed by atoms with E-state index in [1.807, 2.05) is 0 Å². The van der Waals surface area contributed by atoms with Crippen LogP contribution >= 0.6 is 0 Å². The Balaban J connectivity index is 1.90. The summed E-state index contributed by atoms with van der Waals surface area (Å²) in [5.74, 6) is 1.87. The summed E-state index contributed by atoms with van der Waals surface area (Å²) in [6.07, 6.45) is 25.8. The molecule has 2 atom stereocenters. The normalized spacial score (nSPS) is 18.4. The van der Waals surface area contributed by atoms with Gasteiger partial charge in [0.15, 0.2) is 12.5 Å². The van der Waals surface area contributed by atoms with Crippen LogP contribution in [0.5, 0.6) is 11.5 Å². The molecule has 0 N–H and O–H groups in total. The average molecular weight is 603 g/mol. The van der Waals surface area contributed by atoms with E-state index < -0.39 is 0 Å². The van der Waals surface area contributed by atoms with Gasteiger partial charge in [-0.15, -0.1) is 0 Å². The highest BCUT2D eigenvalue weighted by Gasteiger charge is 2.21. The first-order valence-corrected chi connectivity index (χ1v) is 18.7. The van der Waals surface area contributed by atoms with Gasteiger partial charge in [0.2, 0.25) is 0 Å². The van der Waals surface area contributed by atoms with E-state index in [0.717, 1.165) is 76.6 Å². The molecule has 3 rings (SSSR count). The molecule has 1 aromatic carbocycles. The Kier molecular flexibility index (Phi) is 22.9. The molecule has 43 heavy (non-hydrogen) atoms. The van der Waals surface area contributed by atoms with E-state index in [4.69, 9.17) is 14.2 Å². The van der Waals surface area contributed by atoms with Gasteiger partial charge in [-0.1, -0.05) is 118 Å². The fourth-order valence-electron chi connectivity index (χ4n) is 6.27. The Labute approximate surface area is 267 Å². The van der Waals surface area contributed by atoms with Crippen LogP contribution in [0.15, 0.2) is 24.3 Å². The maximum absolute atomic E-state index is 6.63. The van der Waals surface area contributed by atoms with Gasteiger partial charge in [0.1, 0.15) is 11.5 Å². The van der Waals surface area contributed by atoms with Crippen LogP contribution in [0.4, 0.5) is 0 Å². The standard InChI is InChI=1S/C38H70N2O3/c1-5-9-11-13-15-17-19-21-31-39(7-3)37-25-23-33-41-34-24-26-38(43-36-29-27-35(42-37)28-30-36)40(8-4)32-22-20-18-16-14-12-10-6-2/h27-30,37-38H,5-26,31-34H2,1-4H3. The predicted molar refractivity (Wildman–Crippen MR) is 184 cm³/mol. The van der Waals surface area contributed by atoms with Crippen molar-refractivity contribution >= 4 is 0 Å². The van der Waals surface area contributed by atoms with Crippen molar-refractivity contribution in [1.29, 1.82) is 0 Å². The van der Waals surface area contributed by atoms with Crippen molar-refractivity contribution in [2.75, 3.05) is 39.4 Å². The number of fused-ring (bicyclic) bond motifs is 12. The molecule has 0 spiro atoms. The minimum Gasteiger partial charge on any atom is -0.475 e. The molecule has 0 saturated heterocycles. The highest BCUT2D eigenvalue weighted by molar-refractivity contribution is 5.31. The van der Waals surface area contributed by atoms with Gasteiger partial charge in [0.25, 0.3) is 0 Å². The van der Waals surface area contributed by atoms with Gasteiger partial charge in [0, 0.05) is 39.1 Å². The fraction of sp³-hybridized carbons (Fsp3) is 0.842. The topological polar surface area (TPSA) is 34.2 Å². The van der Waals surface area contributed by atoms with Gasteiger partial charge < -0.3 is 14.2 Å². The highest BCUT2D eigenvalue weighted by atomic mass is 16.5. The number of ether oxygens (including phenoxy) is 3. The summed E-state index contributed by atoms with van der Waals surface area (Å²) in [4.78, 5) is 5.06. The molecule has 1 aromatic rings. The third-order valence-corrected chi connectivity index (χ3v) is 9.07. The largest absolute Gasteiger partial charge is 0.475 e. The van der Waals surface area contributed by atoms with Gasteiger partial charge in [0.05, 0.1) is 0 Å². The molecular formula is C38H70N2O3. The molecule has 0 fully saturated rings. The van der Waals surface area contributed by atoms with Gasteiger partial charge in [-0.25, -0.2) is 0 Å². The monoisotopic (exact) mass is 603 g/mol. The lowest BCUT2D eigenvalue weighted by Crippen LogP contribution is -2.40. The number of benzene rings is 1. The quantitative estimate of drug-likeness (QED) is 0.123. The van der Waals surface area contributed by atoms with E-state index in [9.17, 15) is 0 Å². The van der Waals surface area contributed by atoms with Crippen molar-refractivity contribution in [3.05, 3.63) is 24.3 Å². The number of unbranched alkanes of at least 4 members (excludes halogenated alkanes) is 14. The minimum atomic E-state index is 0.0880. The molecule has 2 bridgehead atoms. The smallest absolute Gasteiger partial charge is 0.152 e. The van der Waals surface area contributed by atoms with Crippen LogP contribution in [0, 0.1) is 0 Å². The van der Waals surface area contributed by atoms with E-state index >= 15 is 0 Å². The fourth-order valence-corrected chi connectivity index (χ4v) is 6.27. The summed E-state index contributed by atoms with van der Waals surface area (Å²) in [5.41, 5.74) is 0. The van der Waals surface area contributed by atoms with Crippen molar-refractivity contribution < 1.29 is 14.2 Å². The summed E-state index contributed by atoms with van der Waals surface area (Å²) >= 11 is 0. The summed E-state index contributed by atoms with van der Waals surface area (Å²) in [6, 6.07) is 8.42. The van der Waals surface area contributed by atoms with Gasteiger partial charge in [-0.05, 0) is 63.0 Å². The lowest BCUT2D eigenvalue weighted by atomic mass is 10.1. The third kappa shape index (κ3) is 17.7. The second kappa shape index (κ2) is 26.0. The molecule has 5 nitrogen and oxygen atoms in total. The molecule has 0 aliphatic carbocycles. The van der Waals surface area contributed by atoms with Crippen LogP contribution in [0.2, 0.25) is 0 Å². The zero-order chi connectivity index (χ0) is 30.8. The second-order valence-electron chi connectivity index (χ2n) is 12.7. The Hall–Kier alpha value is -1.30. The zero-order valence-electron chi connectivity index (χ0n) is 29.0. The summed E-state index contributed by atoms with van der Waals surface area (Å²) in [6.45, 7) is 14.9. The average Bonchev–Trinajstić information content (AvgIpc) is 3.04. The number of nitrogens with zero attached hydrogens (tertiary/aromatic N) is 2. The summed E-state index contributed by atoms with van der Waals surface area (Å²) < 4.78 is 19.4. The highest BCUT2D eigenvalue weighted by Crippen LogP contribution is 2.24. The van der Waals surface area contributed by atoms with Crippen molar-refractivity contribution in [3.8, 4) is 11.5 Å². The third-order valence-electron chi connectivity index (χ3n) is 9.07. The first-order valence-electron chi connectivity index (χ1n) is 18.7. The van der Waals surface area contributed by atoms with Crippen LogP contribution in [-0.2, 0) is 4.74 Å². The molecule has 0 amide bonds. The van der Waals surface area contributed by atoms with Gasteiger partial charge in [-0.2, -0.15) is 0 Å². The lowest BCUT2D eigenvalue weighted by Gasteiger charge is -2.32. The lowest BCUT2D eigenvalue weighted by molar-refractivity contribution is 0.00715. The molecule has 2 unspecified atom stereocenters.